The molecule has 0 saturated heterocycles. The third kappa shape index (κ3) is 7.25. The van der Waals surface area contributed by atoms with Crippen LogP contribution in [0.1, 0.15) is 60.3 Å². The van der Waals surface area contributed by atoms with E-state index in [2.05, 4.69) is 20.8 Å². The molecule has 5 N–H and O–H groups in total. The van der Waals surface area contributed by atoms with Crippen LogP contribution in [0.5, 0.6) is 0 Å². The first-order valence-electron chi connectivity index (χ1n) is 7.70. The number of aliphatic hydroxyl groups is 2. The maximum atomic E-state index is 10.6. The molecular weight excluding hydrogens is 270 g/mol. The summed E-state index contributed by atoms with van der Waals surface area (Å²) in [7, 11) is 0. The molecule has 21 heavy (non-hydrogen) atoms. The van der Waals surface area contributed by atoms with Crippen molar-refractivity contribution in [2.45, 2.75) is 72.5 Å². The SMILES string of the molecule is C[C@H](CCN)C(C)(C)CC(C)(C)C(O)CC(O)CC(=O)O. The van der Waals surface area contributed by atoms with Crippen molar-refractivity contribution < 1.29 is 20.1 Å². The number of aliphatic hydroxyl groups excluding tert-OH is 2. The molecule has 0 aromatic carbocycles. The molecule has 126 valence electrons. The van der Waals surface area contributed by atoms with E-state index in [1.807, 2.05) is 13.8 Å². The summed E-state index contributed by atoms with van der Waals surface area (Å²) in [5, 5.41) is 28.7. The zero-order valence-electron chi connectivity index (χ0n) is 14.1. The van der Waals surface area contributed by atoms with E-state index < -0.39 is 23.6 Å². The molecule has 0 bridgehead atoms. The second-order valence-electron chi connectivity index (χ2n) is 7.64. The minimum Gasteiger partial charge on any atom is -0.481 e. The van der Waals surface area contributed by atoms with Gasteiger partial charge in [0.1, 0.15) is 0 Å². The molecular formula is C16H33NO4. The first-order chi connectivity index (χ1) is 9.42. The fourth-order valence-corrected chi connectivity index (χ4v) is 2.97. The highest BCUT2D eigenvalue weighted by Crippen LogP contribution is 2.42. The molecule has 0 saturated carbocycles. The van der Waals surface area contributed by atoms with Gasteiger partial charge in [0.2, 0.25) is 0 Å². The van der Waals surface area contributed by atoms with E-state index in [-0.39, 0.29) is 18.3 Å². The predicted octanol–water partition coefficient (Wildman–Crippen LogP) is 2.00. The van der Waals surface area contributed by atoms with Gasteiger partial charge in [0.05, 0.1) is 18.6 Å². The number of carboxylic acids is 1. The zero-order valence-corrected chi connectivity index (χ0v) is 14.1. The summed E-state index contributed by atoms with van der Waals surface area (Å²) >= 11 is 0. The van der Waals surface area contributed by atoms with Crippen LogP contribution in [-0.4, -0.2) is 40.0 Å². The molecule has 0 fully saturated rings. The van der Waals surface area contributed by atoms with E-state index in [4.69, 9.17) is 10.8 Å². The van der Waals surface area contributed by atoms with Crippen LogP contribution in [0, 0.1) is 16.7 Å². The van der Waals surface area contributed by atoms with Gasteiger partial charge in [-0.1, -0.05) is 34.6 Å². The van der Waals surface area contributed by atoms with Crippen molar-refractivity contribution >= 4 is 5.97 Å². The summed E-state index contributed by atoms with van der Waals surface area (Å²) in [6, 6.07) is 0. The normalized spacial score (nSPS) is 17.3. The summed E-state index contributed by atoms with van der Waals surface area (Å²) in [6.07, 6.45) is -0.290. The monoisotopic (exact) mass is 303 g/mol. The highest BCUT2D eigenvalue weighted by Gasteiger charge is 2.37. The van der Waals surface area contributed by atoms with Crippen molar-refractivity contribution in [3.05, 3.63) is 0 Å². The molecule has 0 spiro atoms. The van der Waals surface area contributed by atoms with E-state index in [0.29, 0.717) is 12.5 Å². The van der Waals surface area contributed by atoms with Gasteiger partial charge in [-0.25, -0.2) is 0 Å². The molecule has 0 aliphatic heterocycles. The van der Waals surface area contributed by atoms with Crippen molar-refractivity contribution in [2.75, 3.05) is 6.54 Å². The fourth-order valence-electron chi connectivity index (χ4n) is 2.97. The van der Waals surface area contributed by atoms with Gasteiger partial charge in [-0.05, 0) is 36.1 Å². The molecule has 0 aliphatic rings. The van der Waals surface area contributed by atoms with Crippen LogP contribution in [0.4, 0.5) is 0 Å². The number of hydrogen-bond acceptors (Lipinski definition) is 4. The Morgan fingerprint density at radius 1 is 1.14 bits per heavy atom. The van der Waals surface area contributed by atoms with Crippen molar-refractivity contribution in [1.29, 1.82) is 0 Å². The van der Waals surface area contributed by atoms with Gasteiger partial charge in [-0.2, -0.15) is 0 Å². The van der Waals surface area contributed by atoms with Gasteiger partial charge in [0, 0.05) is 6.42 Å². The molecule has 5 heteroatoms. The smallest absolute Gasteiger partial charge is 0.305 e. The Hall–Kier alpha value is -0.650. The summed E-state index contributed by atoms with van der Waals surface area (Å²) in [5.41, 5.74) is 5.24. The molecule has 0 heterocycles. The van der Waals surface area contributed by atoms with Crippen LogP contribution in [-0.2, 0) is 4.79 Å². The third-order valence-electron chi connectivity index (χ3n) is 4.65. The first kappa shape index (κ1) is 20.3. The number of hydrogen-bond donors (Lipinski definition) is 4. The lowest BCUT2D eigenvalue weighted by molar-refractivity contribution is -0.140. The van der Waals surface area contributed by atoms with Crippen LogP contribution in [0.15, 0.2) is 0 Å². The molecule has 0 aromatic heterocycles. The van der Waals surface area contributed by atoms with E-state index in [1.165, 1.54) is 0 Å². The number of aliphatic carboxylic acids is 1. The second kappa shape index (κ2) is 8.11. The Bertz CT molecular complexity index is 328. The molecule has 0 amide bonds. The molecule has 0 aliphatic carbocycles. The summed E-state index contributed by atoms with van der Waals surface area (Å²) in [5.74, 6) is -0.623. The number of carbonyl (C=O) groups is 1. The molecule has 5 nitrogen and oxygen atoms in total. The van der Waals surface area contributed by atoms with Gasteiger partial charge in [-0.15, -0.1) is 0 Å². The Kier molecular flexibility index (Phi) is 7.86. The van der Waals surface area contributed by atoms with Crippen molar-refractivity contribution in [2.24, 2.45) is 22.5 Å². The largest absolute Gasteiger partial charge is 0.481 e. The lowest BCUT2D eigenvalue weighted by atomic mass is 9.65. The van der Waals surface area contributed by atoms with Crippen molar-refractivity contribution in [3.8, 4) is 0 Å². The van der Waals surface area contributed by atoms with Crippen LogP contribution in [0.2, 0.25) is 0 Å². The van der Waals surface area contributed by atoms with Gasteiger partial charge in [0.15, 0.2) is 0 Å². The standard InChI is InChI=1S/C16H33NO4/c1-11(6-7-17)15(2,3)10-16(4,5)13(19)8-12(18)9-14(20)21/h11-13,18-19H,6-10,17H2,1-5H3,(H,20,21)/t11-,12?,13?/m1/s1. The maximum Gasteiger partial charge on any atom is 0.305 e. The third-order valence-corrected chi connectivity index (χ3v) is 4.65. The molecule has 3 atom stereocenters. The van der Waals surface area contributed by atoms with Gasteiger partial charge >= 0.3 is 5.97 Å². The van der Waals surface area contributed by atoms with E-state index in [9.17, 15) is 15.0 Å². The Morgan fingerprint density at radius 3 is 2.10 bits per heavy atom. The van der Waals surface area contributed by atoms with Crippen LogP contribution >= 0.6 is 0 Å². The highest BCUT2D eigenvalue weighted by molar-refractivity contribution is 5.67. The number of rotatable bonds is 10. The van der Waals surface area contributed by atoms with Crippen LogP contribution in [0.3, 0.4) is 0 Å². The lowest BCUT2D eigenvalue weighted by Gasteiger charge is -2.42. The molecule has 2 unspecified atom stereocenters. The van der Waals surface area contributed by atoms with Crippen molar-refractivity contribution in [1.82, 2.24) is 0 Å². The van der Waals surface area contributed by atoms with Gasteiger partial charge in [0.25, 0.3) is 0 Å². The lowest BCUT2D eigenvalue weighted by Crippen LogP contribution is -2.39. The van der Waals surface area contributed by atoms with Crippen molar-refractivity contribution in [3.63, 3.8) is 0 Å². The number of nitrogens with two attached hydrogens (primary N) is 1. The second-order valence-corrected chi connectivity index (χ2v) is 7.64. The minimum absolute atomic E-state index is 0.0155. The van der Waals surface area contributed by atoms with E-state index in [1.54, 1.807) is 0 Å². The van der Waals surface area contributed by atoms with Crippen LogP contribution in [0.25, 0.3) is 0 Å². The Balaban J connectivity index is 4.68. The fraction of sp³-hybridized carbons (Fsp3) is 0.938. The summed E-state index contributed by atoms with van der Waals surface area (Å²) in [6.45, 7) is 11.1. The summed E-state index contributed by atoms with van der Waals surface area (Å²) in [4.78, 5) is 10.6. The summed E-state index contributed by atoms with van der Waals surface area (Å²) < 4.78 is 0. The molecule has 0 aromatic rings. The first-order valence-corrected chi connectivity index (χ1v) is 7.70. The average molecular weight is 303 g/mol. The average Bonchev–Trinajstić information content (AvgIpc) is 2.26. The highest BCUT2D eigenvalue weighted by atomic mass is 16.4. The number of carboxylic acid groups (broad SMARTS) is 1. The predicted molar refractivity (Wildman–Crippen MR) is 83.9 cm³/mol. The maximum absolute atomic E-state index is 10.6. The minimum atomic E-state index is -1.05. The Morgan fingerprint density at radius 2 is 1.67 bits per heavy atom. The topological polar surface area (TPSA) is 104 Å². The molecule has 0 radical (unpaired) electrons. The van der Waals surface area contributed by atoms with Gasteiger partial charge < -0.3 is 21.1 Å². The van der Waals surface area contributed by atoms with Gasteiger partial charge in [-0.3, -0.25) is 4.79 Å². The van der Waals surface area contributed by atoms with E-state index in [0.717, 1.165) is 12.8 Å². The quantitative estimate of drug-likeness (QED) is 0.494. The zero-order chi connectivity index (χ0) is 16.8. The molecule has 0 rings (SSSR count). The van der Waals surface area contributed by atoms with Crippen LogP contribution < -0.4 is 5.73 Å². The van der Waals surface area contributed by atoms with E-state index >= 15 is 0 Å². The Labute approximate surface area is 128 Å².